The molecule has 0 saturated heterocycles. The van der Waals surface area contributed by atoms with Crippen LogP contribution in [-0.2, 0) is 14.3 Å². The molecule has 4 aliphatic carbocycles. The van der Waals surface area contributed by atoms with Gasteiger partial charge in [0.25, 0.3) is 0 Å². The van der Waals surface area contributed by atoms with Crippen LogP contribution in [-0.4, -0.2) is 24.0 Å². The largest absolute Gasteiger partial charge is 0.462 e. The summed E-state index contributed by atoms with van der Waals surface area (Å²) in [5.41, 5.74) is -0.209. The fourth-order valence-electron chi connectivity index (χ4n) is 8.05. The molecule has 6 heteroatoms. The fourth-order valence-corrected chi connectivity index (χ4v) is 8.05. The normalized spacial score (nSPS) is 47.2. The Labute approximate surface area is 171 Å². The monoisotopic (exact) mass is 414 g/mol. The van der Waals surface area contributed by atoms with Gasteiger partial charge in [0.1, 0.15) is 11.9 Å². The van der Waals surface area contributed by atoms with E-state index in [0.29, 0.717) is 30.6 Å². The molecule has 0 aromatic heterocycles. The maximum Gasteiger partial charge on any atom is 0.389 e. The quantitative estimate of drug-likeness (QED) is 0.544. The lowest BCUT2D eigenvalue weighted by Crippen LogP contribution is -2.55. The molecule has 4 saturated carbocycles. The molecule has 3 nitrogen and oxygen atoms in total. The van der Waals surface area contributed by atoms with Crippen molar-refractivity contribution < 1.29 is 27.5 Å². The fraction of sp³-hybridized carbons (Fsp3) is 0.913. The molecule has 0 unspecified atom stereocenters. The molecule has 4 aliphatic rings. The molecule has 0 radical (unpaired) electrons. The molecule has 0 bridgehead atoms. The van der Waals surface area contributed by atoms with Crippen LogP contribution in [0.15, 0.2) is 0 Å². The molecule has 0 N–H and O–H groups in total. The summed E-state index contributed by atoms with van der Waals surface area (Å²) in [4.78, 5) is 24.0. The van der Waals surface area contributed by atoms with Crippen LogP contribution in [0.25, 0.3) is 0 Å². The van der Waals surface area contributed by atoms with Crippen molar-refractivity contribution in [2.75, 3.05) is 0 Å². The second-order valence-electron chi connectivity index (χ2n) is 10.8. The van der Waals surface area contributed by atoms with E-state index in [4.69, 9.17) is 4.74 Å². The van der Waals surface area contributed by atoms with E-state index in [9.17, 15) is 22.8 Å². The van der Waals surface area contributed by atoms with Gasteiger partial charge in [-0.3, -0.25) is 9.59 Å². The number of Topliss-reactive ketones (excluding diaryl/α,β-unsaturated/α-hetero) is 1. The lowest BCUT2D eigenvalue weighted by Gasteiger charge is -2.60. The van der Waals surface area contributed by atoms with Gasteiger partial charge in [-0.15, -0.1) is 0 Å². The van der Waals surface area contributed by atoms with Crippen molar-refractivity contribution in [1.82, 2.24) is 0 Å². The van der Waals surface area contributed by atoms with E-state index in [1.807, 2.05) is 0 Å². The number of hydrogen-bond donors (Lipinski definition) is 0. The Hall–Kier alpha value is -1.07. The van der Waals surface area contributed by atoms with Crippen LogP contribution in [0, 0.1) is 40.4 Å². The third-order valence-corrected chi connectivity index (χ3v) is 9.35. The highest BCUT2D eigenvalue weighted by molar-refractivity contribution is 5.82. The number of ether oxygens (including phenoxy) is 1. The summed E-state index contributed by atoms with van der Waals surface area (Å²) < 4.78 is 44.9. The average molecular weight is 415 g/mol. The predicted molar refractivity (Wildman–Crippen MR) is 102 cm³/mol. The second-order valence-corrected chi connectivity index (χ2v) is 10.8. The van der Waals surface area contributed by atoms with Crippen LogP contribution in [0.2, 0.25) is 0 Å². The predicted octanol–water partition coefficient (Wildman–Crippen LogP) is 5.71. The Morgan fingerprint density at radius 2 is 1.76 bits per heavy atom. The van der Waals surface area contributed by atoms with E-state index in [-0.39, 0.29) is 34.6 Å². The number of fused-ring (bicyclic) bond motifs is 5. The molecule has 0 heterocycles. The Morgan fingerprint density at radius 1 is 1.07 bits per heavy atom. The summed E-state index contributed by atoms with van der Waals surface area (Å²) in [5, 5.41) is 0. The molecule has 4 fully saturated rings. The molecule has 4 rings (SSSR count). The minimum absolute atomic E-state index is 0.0219. The Kier molecular flexibility index (Phi) is 5.10. The first-order valence-corrected chi connectivity index (χ1v) is 11.2. The van der Waals surface area contributed by atoms with Gasteiger partial charge in [-0.1, -0.05) is 13.8 Å². The van der Waals surface area contributed by atoms with Gasteiger partial charge in [0.2, 0.25) is 0 Å². The standard InChI is InChI=1S/C23H33F3O3/c1-13(27)29-20-7-6-17-16-5-4-15-10-19(28)14(12-23(24,25)26)11-22(15,3)18(16)8-9-21(17,20)2/h14-18,20H,4-12H2,1-3H3/t14-,15-,16-,17-,18-,20-,21-,22-/m0/s1. The van der Waals surface area contributed by atoms with Crippen molar-refractivity contribution in [3.05, 3.63) is 0 Å². The van der Waals surface area contributed by atoms with Gasteiger partial charge in [0.15, 0.2) is 0 Å². The summed E-state index contributed by atoms with van der Waals surface area (Å²) in [5.74, 6) is 0.239. The topological polar surface area (TPSA) is 43.4 Å². The highest BCUT2D eigenvalue weighted by Crippen LogP contribution is 2.67. The molecule has 8 atom stereocenters. The maximum absolute atomic E-state index is 13.1. The summed E-state index contributed by atoms with van der Waals surface area (Å²) in [7, 11) is 0. The summed E-state index contributed by atoms with van der Waals surface area (Å²) in [6.07, 6.45) is 1.23. The zero-order valence-corrected chi connectivity index (χ0v) is 17.7. The molecule has 0 amide bonds. The van der Waals surface area contributed by atoms with Crippen molar-refractivity contribution in [2.45, 2.75) is 90.8 Å². The molecule has 0 aliphatic heterocycles. The number of carbonyl (C=O) groups is 2. The van der Waals surface area contributed by atoms with Gasteiger partial charge < -0.3 is 4.74 Å². The number of ketones is 1. The van der Waals surface area contributed by atoms with Crippen LogP contribution < -0.4 is 0 Å². The molecular formula is C23H33F3O3. The van der Waals surface area contributed by atoms with Gasteiger partial charge in [0.05, 0.1) is 6.42 Å². The van der Waals surface area contributed by atoms with Crippen molar-refractivity contribution in [3.8, 4) is 0 Å². The highest BCUT2D eigenvalue weighted by atomic mass is 19.4. The summed E-state index contributed by atoms with van der Waals surface area (Å²) in [6, 6.07) is 0. The van der Waals surface area contributed by atoms with Crippen molar-refractivity contribution in [2.24, 2.45) is 40.4 Å². The smallest absolute Gasteiger partial charge is 0.389 e. The first kappa shape index (κ1) is 21.2. The highest BCUT2D eigenvalue weighted by Gasteiger charge is 2.62. The van der Waals surface area contributed by atoms with E-state index < -0.39 is 18.5 Å². The SMILES string of the molecule is CC(=O)O[C@H]1CC[C@H]2[C@@H]3CC[C@H]4CC(=O)[C@H](CC(F)(F)F)C[C@]4(C)[C@H]3CC[C@]12C. The van der Waals surface area contributed by atoms with Gasteiger partial charge in [-0.25, -0.2) is 0 Å². The average Bonchev–Trinajstić information content (AvgIpc) is 2.91. The van der Waals surface area contributed by atoms with Crippen LogP contribution >= 0.6 is 0 Å². The third-order valence-electron chi connectivity index (χ3n) is 9.35. The first-order chi connectivity index (χ1) is 13.4. The van der Waals surface area contributed by atoms with Crippen molar-refractivity contribution >= 4 is 11.8 Å². The zero-order valence-electron chi connectivity index (χ0n) is 17.7. The Morgan fingerprint density at radius 3 is 2.41 bits per heavy atom. The molecule has 29 heavy (non-hydrogen) atoms. The van der Waals surface area contributed by atoms with Crippen molar-refractivity contribution in [3.63, 3.8) is 0 Å². The molecule has 0 aromatic carbocycles. The first-order valence-electron chi connectivity index (χ1n) is 11.2. The van der Waals surface area contributed by atoms with E-state index in [2.05, 4.69) is 13.8 Å². The summed E-state index contributed by atoms with van der Waals surface area (Å²) >= 11 is 0. The van der Waals surface area contributed by atoms with Crippen LogP contribution in [0.1, 0.15) is 78.6 Å². The summed E-state index contributed by atoms with van der Waals surface area (Å²) in [6.45, 7) is 5.89. The Balaban J connectivity index is 1.57. The molecule has 164 valence electrons. The molecular weight excluding hydrogens is 381 g/mol. The number of esters is 1. The van der Waals surface area contributed by atoms with Gasteiger partial charge in [-0.05, 0) is 74.0 Å². The number of hydrogen-bond acceptors (Lipinski definition) is 3. The van der Waals surface area contributed by atoms with Gasteiger partial charge in [-0.2, -0.15) is 13.2 Å². The lowest BCUT2D eigenvalue weighted by atomic mass is 9.44. The maximum atomic E-state index is 13.1. The van der Waals surface area contributed by atoms with Gasteiger partial charge >= 0.3 is 12.1 Å². The van der Waals surface area contributed by atoms with Gasteiger partial charge in [0, 0.05) is 24.7 Å². The van der Waals surface area contributed by atoms with E-state index in [1.54, 1.807) is 0 Å². The van der Waals surface area contributed by atoms with Crippen LogP contribution in [0.5, 0.6) is 0 Å². The molecule has 0 aromatic rings. The van der Waals surface area contributed by atoms with E-state index in [1.165, 1.54) is 6.92 Å². The third kappa shape index (κ3) is 3.52. The number of alkyl halides is 3. The minimum Gasteiger partial charge on any atom is -0.462 e. The zero-order chi connectivity index (χ0) is 21.2. The van der Waals surface area contributed by atoms with E-state index >= 15 is 0 Å². The second kappa shape index (κ2) is 6.98. The minimum atomic E-state index is -4.29. The molecule has 0 spiro atoms. The number of carbonyl (C=O) groups excluding carboxylic acids is 2. The Bertz CT molecular complexity index is 689. The number of rotatable bonds is 2. The van der Waals surface area contributed by atoms with E-state index in [0.717, 1.165) is 38.5 Å². The van der Waals surface area contributed by atoms with Crippen molar-refractivity contribution in [1.29, 1.82) is 0 Å². The van der Waals surface area contributed by atoms with Crippen LogP contribution in [0.3, 0.4) is 0 Å². The van der Waals surface area contributed by atoms with Crippen LogP contribution in [0.4, 0.5) is 13.2 Å². The number of halogens is 3. The lowest BCUT2D eigenvalue weighted by molar-refractivity contribution is -0.176.